The number of thiophene rings is 1. The van der Waals surface area contributed by atoms with Crippen molar-refractivity contribution in [2.45, 2.75) is 24.7 Å². The van der Waals surface area contributed by atoms with Crippen molar-refractivity contribution in [1.82, 2.24) is 0 Å². The maximum Gasteiger partial charge on any atom is 0.219 e. The van der Waals surface area contributed by atoms with Crippen LogP contribution in [0.15, 0.2) is 40.2 Å². The van der Waals surface area contributed by atoms with Gasteiger partial charge in [-0.25, -0.2) is 0 Å². The first-order chi connectivity index (χ1) is 14.3. The van der Waals surface area contributed by atoms with Crippen LogP contribution in [0.4, 0.5) is 0 Å². The van der Waals surface area contributed by atoms with Crippen LogP contribution in [0.25, 0.3) is 0 Å². The van der Waals surface area contributed by atoms with Crippen molar-refractivity contribution in [3.63, 3.8) is 0 Å². The number of para-hydroxylation sites is 1. The highest BCUT2D eigenvalue weighted by Crippen LogP contribution is 2.70. The number of hydrogen-bond acceptors (Lipinski definition) is 8. The molecular weight excluding hydrogens is 468 g/mol. The van der Waals surface area contributed by atoms with E-state index in [0.717, 1.165) is 3.79 Å². The van der Waals surface area contributed by atoms with Crippen molar-refractivity contribution in [2.24, 2.45) is 10.8 Å². The molecule has 0 spiro atoms. The van der Waals surface area contributed by atoms with Gasteiger partial charge in [0.15, 0.2) is 5.41 Å². The standard InChI is InChI=1S/C21H15BrN4O3S/c1-19-16(12-5-3-4-6-13(12)27-2)21(11-25,18(26)29-19)20(9-23,10-24)17(28-19)14-7-8-15(22)30-14/h3-8,16-17,26H,1-2H3. The molecule has 1 N–H and O–H groups in total. The number of nitriles is 3. The molecule has 2 saturated heterocycles. The molecule has 150 valence electrons. The number of nitrogens with one attached hydrogen (secondary N) is 1. The molecule has 0 amide bonds. The average molecular weight is 483 g/mol. The largest absolute Gasteiger partial charge is 0.496 e. The van der Waals surface area contributed by atoms with Crippen molar-refractivity contribution in [1.29, 1.82) is 21.2 Å². The van der Waals surface area contributed by atoms with Gasteiger partial charge in [-0.05, 0) is 34.1 Å². The second-order valence-corrected chi connectivity index (χ2v) is 9.71. The lowest BCUT2D eigenvalue weighted by atomic mass is 9.53. The predicted octanol–water partition coefficient (Wildman–Crippen LogP) is 4.64. The van der Waals surface area contributed by atoms with Gasteiger partial charge >= 0.3 is 0 Å². The van der Waals surface area contributed by atoms with E-state index in [0.29, 0.717) is 16.2 Å². The summed E-state index contributed by atoms with van der Waals surface area (Å²) in [6, 6.07) is 16.8. The Balaban J connectivity index is 2.06. The molecule has 2 aromatic rings. The van der Waals surface area contributed by atoms with Gasteiger partial charge in [-0.3, -0.25) is 5.41 Å². The van der Waals surface area contributed by atoms with E-state index in [2.05, 4.69) is 34.1 Å². The van der Waals surface area contributed by atoms with Crippen LogP contribution in [0.1, 0.15) is 29.4 Å². The maximum atomic E-state index is 10.4. The summed E-state index contributed by atoms with van der Waals surface area (Å²) in [5.74, 6) is -2.39. The minimum absolute atomic E-state index is 0.454. The van der Waals surface area contributed by atoms with E-state index in [4.69, 9.17) is 19.6 Å². The highest BCUT2D eigenvalue weighted by Gasteiger charge is 2.80. The van der Waals surface area contributed by atoms with Crippen LogP contribution in [0.5, 0.6) is 5.75 Å². The third-order valence-electron chi connectivity index (χ3n) is 5.82. The number of nitrogens with zero attached hydrogens (tertiary/aromatic N) is 3. The second-order valence-electron chi connectivity index (χ2n) is 7.21. The van der Waals surface area contributed by atoms with Crippen LogP contribution in [-0.4, -0.2) is 18.8 Å². The van der Waals surface area contributed by atoms with Crippen LogP contribution >= 0.6 is 27.3 Å². The minimum Gasteiger partial charge on any atom is -0.496 e. The molecule has 7 nitrogen and oxygen atoms in total. The van der Waals surface area contributed by atoms with E-state index >= 15 is 0 Å². The summed E-state index contributed by atoms with van der Waals surface area (Å²) >= 11 is 4.69. The molecule has 1 aromatic carbocycles. The van der Waals surface area contributed by atoms with Crippen LogP contribution in [-0.2, 0) is 9.47 Å². The highest BCUT2D eigenvalue weighted by molar-refractivity contribution is 9.11. The van der Waals surface area contributed by atoms with Crippen LogP contribution in [0.2, 0.25) is 0 Å². The van der Waals surface area contributed by atoms with Gasteiger partial charge in [0.1, 0.15) is 11.9 Å². The van der Waals surface area contributed by atoms with Crippen molar-refractivity contribution >= 4 is 33.2 Å². The molecule has 4 unspecified atom stereocenters. The van der Waals surface area contributed by atoms with E-state index < -0.39 is 34.5 Å². The Morgan fingerprint density at radius 3 is 2.40 bits per heavy atom. The van der Waals surface area contributed by atoms with Gasteiger partial charge in [0.05, 0.1) is 35.0 Å². The van der Waals surface area contributed by atoms with Gasteiger partial charge in [-0.1, -0.05) is 18.2 Å². The number of methoxy groups -OCH3 is 1. The number of fused-ring (bicyclic) bond motifs is 2. The van der Waals surface area contributed by atoms with Gasteiger partial charge in [-0.15, -0.1) is 11.3 Å². The molecule has 0 saturated carbocycles. The molecule has 9 heteroatoms. The third-order valence-corrected chi connectivity index (χ3v) is 7.49. The van der Waals surface area contributed by atoms with E-state index in [1.165, 1.54) is 18.4 Å². The van der Waals surface area contributed by atoms with Gasteiger partial charge in [0.25, 0.3) is 0 Å². The van der Waals surface area contributed by atoms with Crippen LogP contribution in [0.3, 0.4) is 0 Å². The first-order valence-electron chi connectivity index (χ1n) is 8.91. The van der Waals surface area contributed by atoms with Crippen molar-refractivity contribution < 1.29 is 14.2 Å². The summed E-state index contributed by atoms with van der Waals surface area (Å²) in [4.78, 5) is 0.590. The first kappa shape index (κ1) is 20.4. The monoisotopic (exact) mass is 482 g/mol. The smallest absolute Gasteiger partial charge is 0.219 e. The fourth-order valence-corrected chi connectivity index (χ4v) is 6.10. The Bertz CT molecular complexity index is 1160. The van der Waals surface area contributed by atoms with E-state index in [-0.39, 0.29) is 0 Å². The Kier molecular flexibility index (Phi) is 4.63. The fourth-order valence-electron chi connectivity index (χ4n) is 4.58. The molecule has 1 aromatic heterocycles. The molecule has 2 bridgehead atoms. The van der Waals surface area contributed by atoms with Gasteiger partial charge in [-0.2, -0.15) is 15.8 Å². The van der Waals surface area contributed by atoms with Gasteiger partial charge in [0.2, 0.25) is 17.1 Å². The fraction of sp³-hybridized carbons (Fsp3) is 0.333. The molecule has 0 aliphatic carbocycles. The van der Waals surface area contributed by atoms with Gasteiger partial charge < -0.3 is 14.2 Å². The molecule has 4 atom stereocenters. The Hall–Kier alpha value is -2.90. The zero-order valence-electron chi connectivity index (χ0n) is 16.0. The second kappa shape index (κ2) is 6.82. The highest BCUT2D eigenvalue weighted by atomic mass is 79.9. The summed E-state index contributed by atoms with van der Waals surface area (Å²) < 4.78 is 18.4. The van der Waals surface area contributed by atoms with Crippen LogP contribution in [0, 0.1) is 50.2 Å². The number of benzene rings is 1. The van der Waals surface area contributed by atoms with E-state index in [1.54, 1.807) is 43.3 Å². The number of rotatable bonds is 3. The van der Waals surface area contributed by atoms with E-state index in [9.17, 15) is 15.8 Å². The lowest BCUT2D eigenvalue weighted by Crippen LogP contribution is -2.57. The number of ether oxygens (including phenoxy) is 3. The molecule has 2 aliphatic heterocycles. The average Bonchev–Trinajstić information content (AvgIpc) is 3.25. The van der Waals surface area contributed by atoms with Crippen molar-refractivity contribution in [3.05, 3.63) is 50.6 Å². The zero-order chi connectivity index (χ0) is 21.7. The quantitative estimate of drug-likeness (QED) is 0.679. The van der Waals surface area contributed by atoms with Crippen molar-refractivity contribution in [3.8, 4) is 24.0 Å². The zero-order valence-corrected chi connectivity index (χ0v) is 18.4. The molecule has 30 heavy (non-hydrogen) atoms. The molecule has 2 fully saturated rings. The first-order valence-corrected chi connectivity index (χ1v) is 10.5. The summed E-state index contributed by atoms with van der Waals surface area (Å²) in [6.07, 6.45) is -1.08. The number of halogens is 1. The Morgan fingerprint density at radius 1 is 1.13 bits per heavy atom. The minimum atomic E-state index is -2.02. The predicted molar refractivity (Wildman–Crippen MR) is 111 cm³/mol. The molecule has 4 rings (SSSR count). The summed E-state index contributed by atoms with van der Waals surface area (Å²) in [5, 5.41) is 39.6. The lowest BCUT2D eigenvalue weighted by molar-refractivity contribution is -0.252. The Morgan fingerprint density at radius 2 is 1.83 bits per heavy atom. The van der Waals surface area contributed by atoms with Crippen LogP contribution < -0.4 is 4.74 Å². The summed E-state index contributed by atoms with van der Waals surface area (Å²) in [5.41, 5.74) is -3.39. The lowest BCUT2D eigenvalue weighted by Gasteiger charge is -2.48. The summed E-state index contributed by atoms with van der Waals surface area (Å²) in [7, 11) is 1.49. The molecule has 3 heterocycles. The molecule has 0 radical (unpaired) electrons. The van der Waals surface area contributed by atoms with Gasteiger partial charge in [0, 0.05) is 17.4 Å². The molecular formula is C21H15BrN4O3S. The summed E-state index contributed by atoms with van der Waals surface area (Å²) in [6.45, 7) is 1.63. The van der Waals surface area contributed by atoms with E-state index in [1.807, 2.05) is 0 Å². The SMILES string of the molecule is COc1ccccc1C1C2(C)OC(=N)C1(C#N)C(C#N)(C#N)C(c1ccc(Br)s1)O2. The third kappa shape index (κ3) is 2.33. The molecule has 2 aliphatic rings. The number of hydrogen-bond donors (Lipinski definition) is 1. The maximum absolute atomic E-state index is 10.4. The normalized spacial score (nSPS) is 31.1. The van der Waals surface area contributed by atoms with Crippen molar-refractivity contribution in [2.75, 3.05) is 7.11 Å². The topological polar surface area (TPSA) is 123 Å². The Labute approximate surface area is 185 Å².